The van der Waals surface area contributed by atoms with Gasteiger partial charge in [-0.25, -0.2) is 4.39 Å². The molecule has 1 saturated heterocycles. The molecule has 0 bridgehead atoms. The topological polar surface area (TPSA) is 23.6 Å². The molecule has 0 atom stereocenters. The molecule has 3 rings (SSSR count). The van der Waals surface area contributed by atoms with Crippen molar-refractivity contribution in [1.29, 1.82) is 0 Å². The lowest BCUT2D eigenvalue weighted by Gasteiger charge is -2.36. The van der Waals surface area contributed by atoms with Gasteiger partial charge in [-0.05, 0) is 32.0 Å². The van der Waals surface area contributed by atoms with Crippen LogP contribution in [0.2, 0.25) is 5.02 Å². The fourth-order valence-corrected chi connectivity index (χ4v) is 4.27. The second-order valence-electron chi connectivity index (χ2n) is 5.81. The molecule has 22 heavy (non-hydrogen) atoms. The van der Waals surface area contributed by atoms with Crippen LogP contribution in [0.5, 0.6) is 0 Å². The highest BCUT2D eigenvalue weighted by atomic mass is 35.5. The summed E-state index contributed by atoms with van der Waals surface area (Å²) in [4.78, 5) is 17.4. The molecule has 2 heterocycles. The Morgan fingerprint density at radius 1 is 1.27 bits per heavy atom. The van der Waals surface area contributed by atoms with Gasteiger partial charge in [0.1, 0.15) is 10.7 Å². The molecule has 6 heteroatoms. The molecule has 1 aromatic carbocycles. The van der Waals surface area contributed by atoms with Crippen LogP contribution in [0.1, 0.15) is 23.5 Å². The van der Waals surface area contributed by atoms with Crippen molar-refractivity contribution in [3.8, 4) is 0 Å². The maximum atomic E-state index is 13.3. The molecule has 0 saturated carbocycles. The molecule has 3 nitrogen and oxygen atoms in total. The van der Waals surface area contributed by atoms with Crippen LogP contribution in [0.4, 0.5) is 4.39 Å². The molecule has 2 aromatic rings. The van der Waals surface area contributed by atoms with Gasteiger partial charge in [0.2, 0.25) is 0 Å². The van der Waals surface area contributed by atoms with Crippen LogP contribution >= 0.6 is 22.9 Å². The van der Waals surface area contributed by atoms with Gasteiger partial charge >= 0.3 is 0 Å². The Morgan fingerprint density at radius 2 is 1.95 bits per heavy atom. The van der Waals surface area contributed by atoms with E-state index < -0.39 is 0 Å². The van der Waals surface area contributed by atoms with Crippen molar-refractivity contribution in [2.45, 2.75) is 19.9 Å². The molecule has 1 fully saturated rings. The van der Waals surface area contributed by atoms with Gasteiger partial charge < -0.3 is 4.90 Å². The third kappa shape index (κ3) is 2.85. The standard InChI is InChI=1S/C16H18ClFN2OS/c1-10(2)19-5-7-20(8-6-19)16(21)15-14(17)12-4-3-11(18)9-13(12)22-15/h3-4,9-10H,5-8H2,1-2H3. The van der Waals surface area contributed by atoms with Gasteiger partial charge in [-0.15, -0.1) is 11.3 Å². The average molecular weight is 341 g/mol. The van der Waals surface area contributed by atoms with Gasteiger partial charge in [-0.1, -0.05) is 11.6 Å². The predicted molar refractivity (Wildman–Crippen MR) is 89.4 cm³/mol. The second kappa shape index (κ2) is 6.14. The Morgan fingerprint density at radius 3 is 2.59 bits per heavy atom. The van der Waals surface area contributed by atoms with E-state index in [1.807, 2.05) is 4.90 Å². The summed E-state index contributed by atoms with van der Waals surface area (Å²) in [6.07, 6.45) is 0. The first-order chi connectivity index (χ1) is 10.5. The lowest BCUT2D eigenvalue weighted by molar-refractivity contribution is 0.0600. The quantitative estimate of drug-likeness (QED) is 0.828. The Balaban J connectivity index is 1.82. The minimum atomic E-state index is -0.310. The molecule has 0 N–H and O–H groups in total. The van der Waals surface area contributed by atoms with Crippen molar-refractivity contribution in [2.75, 3.05) is 26.2 Å². The smallest absolute Gasteiger partial charge is 0.265 e. The number of hydrogen-bond donors (Lipinski definition) is 0. The molecule has 1 amide bonds. The van der Waals surface area contributed by atoms with Gasteiger partial charge in [-0.2, -0.15) is 0 Å². The fourth-order valence-electron chi connectivity index (χ4n) is 2.76. The average Bonchev–Trinajstić information content (AvgIpc) is 2.83. The van der Waals surface area contributed by atoms with E-state index in [0.717, 1.165) is 18.5 Å². The molecular weight excluding hydrogens is 323 g/mol. The van der Waals surface area contributed by atoms with Crippen molar-refractivity contribution in [3.05, 3.63) is 33.9 Å². The van der Waals surface area contributed by atoms with E-state index in [9.17, 15) is 9.18 Å². The largest absolute Gasteiger partial charge is 0.335 e. The number of rotatable bonds is 2. The Bertz CT molecular complexity index is 707. The summed E-state index contributed by atoms with van der Waals surface area (Å²) in [6.45, 7) is 7.48. The Kier molecular flexibility index (Phi) is 4.39. The number of thiophene rings is 1. The highest BCUT2D eigenvalue weighted by Crippen LogP contribution is 2.36. The van der Waals surface area contributed by atoms with Crippen molar-refractivity contribution in [1.82, 2.24) is 9.80 Å². The first-order valence-corrected chi connectivity index (χ1v) is 8.57. The van der Waals surface area contributed by atoms with Crippen molar-refractivity contribution in [2.24, 2.45) is 0 Å². The van der Waals surface area contributed by atoms with Gasteiger partial charge in [0.25, 0.3) is 5.91 Å². The minimum absolute atomic E-state index is 0.0463. The highest BCUT2D eigenvalue weighted by molar-refractivity contribution is 7.21. The first kappa shape index (κ1) is 15.7. The summed E-state index contributed by atoms with van der Waals surface area (Å²) >= 11 is 7.60. The minimum Gasteiger partial charge on any atom is -0.335 e. The SMILES string of the molecule is CC(C)N1CCN(C(=O)c2sc3cc(F)ccc3c2Cl)CC1. The van der Waals surface area contributed by atoms with Crippen LogP contribution in [-0.2, 0) is 0 Å². The normalized spacial score (nSPS) is 16.7. The van der Waals surface area contributed by atoms with Crippen LogP contribution in [-0.4, -0.2) is 47.9 Å². The summed E-state index contributed by atoms with van der Waals surface area (Å²) in [5, 5.41) is 1.19. The molecule has 0 unspecified atom stereocenters. The number of carbonyl (C=O) groups excluding carboxylic acids is 1. The maximum Gasteiger partial charge on any atom is 0.265 e. The molecule has 118 valence electrons. The number of hydrogen-bond acceptors (Lipinski definition) is 3. The molecule has 1 aliphatic heterocycles. The number of carbonyl (C=O) groups is 1. The summed E-state index contributed by atoms with van der Waals surface area (Å²) < 4.78 is 14.0. The van der Waals surface area contributed by atoms with E-state index in [2.05, 4.69) is 18.7 Å². The van der Waals surface area contributed by atoms with E-state index in [4.69, 9.17) is 11.6 Å². The van der Waals surface area contributed by atoms with Crippen molar-refractivity contribution < 1.29 is 9.18 Å². The van der Waals surface area contributed by atoms with Gasteiger partial charge in [0.05, 0.1) is 5.02 Å². The maximum absolute atomic E-state index is 13.3. The third-order valence-corrected chi connectivity index (χ3v) is 5.76. The number of amides is 1. The summed E-state index contributed by atoms with van der Waals surface area (Å²) in [7, 11) is 0. The van der Waals surface area contributed by atoms with Crippen LogP contribution in [0, 0.1) is 5.82 Å². The molecule has 1 aromatic heterocycles. The summed E-state index contributed by atoms with van der Waals surface area (Å²) in [5.41, 5.74) is 0. The van der Waals surface area contributed by atoms with Crippen LogP contribution < -0.4 is 0 Å². The zero-order valence-electron chi connectivity index (χ0n) is 12.6. The molecule has 0 aliphatic carbocycles. The monoisotopic (exact) mass is 340 g/mol. The lowest BCUT2D eigenvalue weighted by Crippen LogP contribution is -2.50. The lowest BCUT2D eigenvalue weighted by atomic mass is 10.2. The Labute approximate surface area is 138 Å². The molecule has 0 spiro atoms. The molecular formula is C16H18ClFN2OS. The van der Waals surface area contributed by atoms with Gasteiger partial charge in [0.15, 0.2) is 0 Å². The van der Waals surface area contributed by atoms with E-state index >= 15 is 0 Å². The van der Waals surface area contributed by atoms with E-state index in [1.54, 1.807) is 6.07 Å². The van der Waals surface area contributed by atoms with Gasteiger partial charge in [-0.3, -0.25) is 9.69 Å². The molecule has 1 aliphatic rings. The number of halogens is 2. The van der Waals surface area contributed by atoms with E-state index in [0.29, 0.717) is 33.7 Å². The van der Waals surface area contributed by atoms with Crippen LogP contribution in [0.25, 0.3) is 10.1 Å². The zero-order chi connectivity index (χ0) is 15.9. The second-order valence-corrected chi connectivity index (χ2v) is 7.24. The first-order valence-electron chi connectivity index (χ1n) is 7.38. The summed E-state index contributed by atoms with van der Waals surface area (Å²) in [5.74, 6) is -0.357. The van der Waals surface area contributed by atoms with Crippen LogP contribution in [0.3, 0.4) is 0 Å². The van der Waals surface area contributed by atoms with Crippen molar-refractivity contribution >= 4 is 38.9 Å². The van der Waals surface area contributed by atoms with E-state index in [1.165, 1.54) is 23.5 Å². The molecule has 0 radical (unpaired) electrons. The van der Waals surface area contributed by atoms with Crippen LogP contribution in [0.15, 0.2) is 18.2 Å². The predicted octanol–water partition coefficient (Wildman–Crippen LogP) is 3.86. The fraction of sp³-hybridized carbons (Fsp3) is 0.438. The zero-order valence-corrected chi connectivity index (χ0v) is 14.2. The third-order valence-electron chi connectivity index (χ3n) is 4.12. The summed E-state index contributed by atoms with van der Waals surface area (Å²) in [6, 6.07) is 4.93. The number of benzene rings is 1. The number of piperazine rings is 1. The highest BCUT2D eigenvalue weighted by Gasteiger charge is 2.26. The Hall–Kier alpha value is -1.17. The number of nitrogens with zero attached hydrogens (tertiary/aromatic N) is 2. The van der Waals surface area contributed by atoms with E-state index in [-0.39, 0.29) is 11.7 Å². The number of fused-ring (bicyclic) bond motifs is 1. The van der Waals surface area contributed by atoms with Crippen molar-refractivity contribution in [3.63, 3.8) is 0 Å². The van der Waals surface area contributed by atoms with Gasteiger partial charge in [0, 0.05) is 42.3 Å².